The lowest BCUT2D eigenvalue weighted by Crippen LogP contribution is -2.48. The van der Waals surface area contributed by atoms with Gasteiger partial charge in [0.05, 0.1) is 11.6 Å². The Morgan fingerprint density at radius 2 is 2.14 bits per heavy atom. The van der Waals surface area contributed by atoms with Gasteiger partial charge in [-0.25, -0.2) is 8.78 Å². The van der Waals surface area contributed by atoms with Crippen molar-refractivity contribution in [2.45, 2.75) is 58.0 Å². The van der Waals surface area contributed by atoms with E-state index in [-0.39, 0.29) is 17.4 Å². The van der Waals surface area contributed by atoms with Gasteiger partial charge < -0.3 is 0 Å². The molecule has 0 N–H and O–H groups in total. The van der Waals surface area contributed by atoms with Crippen molar-refractivity contribution >= 4 is 5.78 Å². The highest BCUT2D eigenvalue weighted by atomic mass is 19.1. The Hall–Kier alpha value is -1.29. The molecule has 21 heavy (non-hydrogen) atoms. The molecule has 4 heteroatoms. The minimum Gasteiger partial charge on any atom is -0.292 e. The predicted molar refractivity (Wildman–Crippen MR) is 79.4 cm³/mol. The molecule has 1 aromatic carbocycles. The molecule has 1 aliphatic rings. The second kappa shape index (κ2) is 7.12. The quantitative estimate of drug-likeness (QED) is 0.759. The molecule has 0 spiro atoms. The normalized spacial score (nSPS) is 21.2. The largest absolute Gasteiger partial charge is 0.292 e. The van der Waals surface area contributed by atoms with Crippen LogP contribution in [0.2, 0.25) is 0 Å². The molecule has 1 fully saturated rings. The summed E-state index contributed by atoms with van der Waals surface area (Å²) in [5.74, 6) is -1.68. The van der Waals surface area contributed by atoms with Crippen LogP contribution in [0.3, 0.4) is 0 Å². The number of nitrogens with zero attached hydrogens (tertiary/aromatic N) is 1. The number of Topliss-reactive ketones (excluding diaryl/α,β-unsaturated/α-hetero) is 1. The maximum Gasteiger partial charge on any atom is 0.182 e. The van der Waals surface area contributed by atoms with E-state index in [0.29, 0.717) is 6.04 Å². The van der Waals surface area contributed by atoms with Gasteiger partial charge in [-0.3, -0.25) is 9.69 Å². The van der Waals surface area contributed by atoms with E-state index >= 15 is 0 Å². The number of carbonyl (C=O) groups is 1. The molecule has 0 aliphatic carbocycles. The van der Waals surface area contributed by atoms with Crippen molar-refractivity contribution < 1.29 is 13.6 Å². The lowest BCUT2D eigenvalue weighted by Gasteiger charge is -2.39. The van der Waals surface area contributed by atoms with Gasteiger partial charge in [0, 0.05) is 12.1 Å². The van der Waals surface area contributed by atoms with Crippen LogP contribution in [0.25, 0.3) is 0 Å². The summed E-state index contributed by atoms with van der Waals surface area (Å²) < 4.78 is 26.8. The average Bonchev–Trinajstić information content (AvgIpc) is 2.47. The summed E-state index contributed by atoms with van der Waals surface area (Å²) in [7, 11) is 0. The van der Waals surface area contributed by atoms with Gasteiger partial charge in [0.15, 0.2) is 5.78 Å². The molecule has 1 aromatic rings. The molecular formula is C17H23F2NO. The van der Waals surface area contributed by atoms with Gasteiger partial charge in [-0.1, -0.05) is 19.8 Å². The molecule has 2 atom stereocenters. The van der Waals surface area contributed by atoms with E-state index in [1.165, 1.54) is 12.5 Å². The van der Waals surface area contributed by atoms with Crippen LogP contribution in [0.1, 0.15) is 56.3 Å². The van der Waals surface area contributed by atoms with Crippen LogP contribution in [0, 0.1) is 11.6 Å². The van der Waals surface area contributed by atoms with Crippen molar-refractivity contribution in [1.29, 1.82) is 0 Å². The van der Waals surface area contributed by atoms with Crippen molar-refractivity contribution in [1.82, 2.24) is 4.90 Å². The van der Waals surface area contributed by atoms with Crippen molar-refractivity contribution in [2.75, 3.05) is 6.54 Å². The fourth-order valence-corrected chi connectivity index (χ4v) is 3.24. The number of ketones is 1. The Balaban J connectivity index is 2.17. The minimum atomic E-state index is -0.768. The number of hydrogen-bond acceptors (Lipinski definition) is 2. The minimum absolute atomic E-state index is 0.00952. The van der Waals surface area contributed by atoms with E-state index in [1.54, 1.807) is 0 Å². The molecule has 116 valence electrons. The molecular weight excluding hydrogens is 272 g/mol. The topological polar surface area (TPSA) is 20.3 Å². The van der Waals surface area contributed by atoms with Crippen LogP contribution in [-0.2, 0) is 0 Å². The van der Waals surface area contributed by atoms with Gasteiger partial charge in [0.1, 0.15) is 11.6 Å². The zero-order valence-electron chi connectivity index (χ0n) is 12.7. The first kappa shape index (κ1) is 16.1. The molecule has 0 amide bonds. The Morgan fingerprint density at radius 3 is 2.81 bits per heavy atom. The second-order valence-electron chi connectivity index (χ2n) is 5.84. The zero-order valence-corrected chi connectivity index (χ0v) is 12.7. The molecule has 0 saturated carbocycles. The van der Waals surface area contributed by atoms with Gasteiger partial charge in [-0.15, -0.1) is 0 Å². The SMILES string of the molecule is CCCC1CCCCN1C(C)C(=O)c1ccc(F)cc1F. The van der Waals surface area contributed by atoms with Crippen molar-refractivity contribution in [2.24, 2.45) is 0 Å². The van der Waals surface area contributed by atoms with Gasteiger partial charge >= 0.3 is 0 Å². The van der Waals surface area contributed by atoms with E-state index in [4.69, 9.17) is 0 Å². The monoisotopic (exact) mass is 295 g/mol. The Kier molecular flexibility index (Phi) is 5.45. The zero-order chi connectivity index (χ0) is 15.4. The van der Waals surface area contributed by atoms with Crippen LogP contribution in [0.4, 0.5) is 8.78 Å². The molecule has 1 saturated heterocycles. The maximum atomic E-state index is 13.8. The number of hydrogen-bond donors (Lipinski definition) is 0. The molecule has 0 aromatic heterocycles. The van der Waals surface area contributed by atoms with E-state index in [1.807, 2.05) is 6.92 Å². The average molecular weight is 295 g/mol. The summed E-state index contributed by atoms with van der Waals surface area (Å²) in [5.41, 5.74) is -0.00952. The van der Waals surface area contributed by atoms with Crippen molar-refractivity contribution in [3.8, 4) is 0 Å². The lowest BCUT2D eigenvalue weighted by molar-refractivity contribution is 0.0646. The van der Waals surface area contributed by atoms with Gasteiger partial charge in [0.2, 0.25) is 0 Å². The van der Waals surface area contributed by atoms with Crippen LogP contribution < -0.4 is 0 Å². The van der Waals surface area contributed by atoms with Crippen LogP contribution in [0.15, 0.2) is 18.2 Å². The maximum absolute atomic E-state index is 13.8. The summed E-state index contributed by atoms with van der Waals surface area (Å²) >= 11 is 0. The predicted octanol–water partition coefficient (Wildman–Crippen LogP) is 4.19. The highest BCUT2D eigenvalue weighted by Crippen LogP contribution is 2.25. The van der Waals surface area contributed by atoms with Crippen LogP contribution >= 0.6 is 0 Å². The highest BCUT2D eigenvalue weighted by molar-refractivity contribution is 6.00. The molecule has 1 aliphatic heterocycles. The molecule has 0 bridgehead atoms. The Labute approximate surface area is 125 Å². The standard InChI is InChI=1S/C17H23F2NO/c1-3-6-14-7-4-5-10-20(14)12(2)17(21)15-9-8-13(18)11-16(15)19/h8-9,11-12,14H,3-7,10H2,1-2H3. The van der Waals surface area contributed by atoms with E-state index in [9.17, 15) is 13.6 Å². The number of benzene rings is 1. The third kappa shape index (κ3) is 3.67. The van der Waals surface area contributed by atoms with Gasteiger partial charge in [-0.05, 0) is 44.9 Å². The fourth-order valence-electron chi connectivity index (χ4n) is 3.24. The molecule has 0 radical (unpaired) electrons. The molecule has 2 nitrogen and oxygen atoms in total. The number of carbonyl (C=O) groups excluding carboxylic acids is 1. The fraction of sp³-hybridized carbons (Fsp3) is 0.588. The smallest absolute Gasteiger partial charge is 0.182 e. The molecule has 1 heterocycles. The van der Waals surface area contributed by atoms with Crippen LogP contribution in [-0.4, -0.2) is 29.3 Å². The first-order chi connectivity index (χ1) is 10.0. The number of likely N-dealkylation sites (tertiary alicyclic amines) is 1. The summed E-state index contributed by atoms with van der Waals surface area (Å²) in [6.45, 7) is 4.85. The highest BCUT2D eigenvalue weighted by Gasteiger charge is 2.31. The van der Waals surface area contributed by atoms with Crippen LogP contribution in [0.5, 0.6) is 0 Å². The number of piperidine rings is 1. The Morgan fingerprint density at radius 1 is 1.38 bits per heavy atom. The van der Waals surface area contributed by atoms with E-state index < -0.39 is 11.6 Å². The van der Waals surface area contributed by atoms with Gasteiger partial charge in [0.25, 0.3) is 0 Å². The first-order valence-corrected chi connectivity index (χ1v) is 7.79. The van der Waals surface area contributed by atoms with Crippen molar-refractivity contribution in [3.05, 3.63) is 35.4 Å². The number of rotatable bonds is 5. The third-order valence-electron chi connectivity index (χ3n) is 4.37. The Bertz CT molecular complexity index is 502. The molecule has 2 rings (SSSR count). The van der Waals surface area contributed by atoms with Crippen molar-refractivity contribution in [3.63, 3.8) is 0 Å². The molecule has 2 unspecified atom stereocenters. The van der Waals surface area contributed by atoms with Gasteiger partial charge in [-0.2, -0.15) is 0 Å². The third-order valence-corrected chi connectivity index (χ3v) is 4.37. The second-order valence-corrected chi connectivity index (χ2v) is 5.84. The summed E-state index contributed by atoms with van der Waals surface area (Å²) in [5, 5.41) is 0. The van der Waals surface area contributed by atoms with E-state index in [0.717, 1.165) is 44.4 Å². The lowest BCUT2D eigenvalue weighted by atomic mass is 9.94. The first-order valence-electron chi connectivity index (χ1n) is 7.79. The number of halogens is 2. The summed E-state index contributed by atoms with van der Waals surface area (Å²) in [4.78, 5) is 14.7. The van der Waals surface area contributed by atoms with E-state index in [2.05, 4.69) is 11.8 Å². The summed E-state index contributed by atoms with van der Waals surface area (Å²) in [6.07, 6.45) is 5.49. The summed E-state index contributed by atoms with van der Waals surface area (Å²) in [6, 6.07) is 3.21.